The van der Waals surface area contributed by atoms with Crippen LogP contribution in [0.1, 0.15) is 49.1 Å². The monoisotopic (exact) mass is 496 g/mol. The lowest BCUT2D eigenvalue weighted by Gasteiger charge is -2.29. The number of amides is 2. The fraction of sp³-hybridized carbons (Fsp3) is 0.444. The van der Waals surface area contributed by atoms with Crippen molar-refractivity contribution in [3.63, 3.8) is 0 Å². The van der Waals surface area contributed by atoms with Crippen LogP contribution in [0.2, 0.25) is 0 Å². The maximum atomic E-state index is 13.0. The van der Waals surface area contributed by atoms with E-state index in [9.17, 15) is 19.5 Å². The fourth-order valence-electron chi connectivity index (χ4n) is 5.13. The number of alkyl carbamates (subject to hydrolysis) is 1. The molecule has 0 aromatic heterocycles. The van der Waals surface area contributed by atoms with Crippen molar-refractivity contribution in [3.8, 4) is 11.1 Å². The Morgan fingerprint density at radius 3 is 2.34 bits per heavy atom. The van der Waals surface area contributed by atoms with Gasteiger partial charge in [-0.05, 0) is 59.9 Å². The van der Waals surface area contributed by atoms with Crippen molar-refractivity contribution in [2.45, 2.75) is 50.1 Å². The Morgan fingerprint density at radius 1 is 1.06 bits per heavy atom. The Morgan fingerprint density at radius 2 is 1.71 bits per heavy atom. The van der Waals surface area contributed by atoms with Crippen LogP contribution >= 0.6 is 11.8 Å². The first kappa shape index (κ1) is 25.1. The molecule has 35 heavy (non-hydrogen) atoms. The van der Waals surface area contributed by atoms with E-state index in [1.807, 2.05) is 30.5 Å². The first-order valence-corrected chi connectivity index (χ1v) is 13.5. The van der Waals surface area contributed by atoms with Crippen molar-refractivity contribution in [2.24, 2.45) is 5.92 Å². The number of ether oxygens (including phenoxy) is 1. The quantitative estimate of drug-likeness (QED) is 0.475. The summed E-state index contributed by atoms with van der Waals surface area (Å²) >= 11 is 1.59. The second-order valence-corrected chi connectivity index (χ2v) is 10.2. The molecule has 0 radical (unpaired) electrons. The van der Waals surface area contributed by atoms with Gasteiger partial charge in [0.25, 0.3) is 0 Å². The van der Waals surface area contributed by atoms with E-state index in [0.29, 0.717) is 25.0 Å². The average molecular weight is 497 g/mol. The van der Waals surface area contributed by atoms with Crippen LogP contribution in [-0.2, 0) is 14.3 Å². The van der Waals surface area contributed by atoms with Crippen LogP contribution < -0.4 is 10.6 Å². The summed E-state index contributed by atoms with van der Waals surface area (Å²) in [5.74, 6) is -0.900. The number of carboxylic acid groups (broad SMARTS) is 1. The minimum Gasteiger partial charge on any atom is -0.481 e. The van der Waals surface area contributed by atoms with E-state index in [1.165, 1.54) is 0 Å². The summed E-state index contributed by atoms with van der Waals surface area (Å²) in [6.07, 6.45) is 4.34. The van der Waals surface area contributed by atoms with Gasteiger partial charge in [-0.25, -0.2) is 4.79 Å². The molecule has 1 saturated carbocycles. The predicted octanol–water partition coefficient (Wildman–Crippen LogP) is 4.41. The van der Waals surface area contributed by atoms with E-state index < -0.39 is 24.0 Å². The van der Waals surface area contributed by atoms with E-state index >= 15 is 0 Å². The zero-order chi connectivity index (χ0) is 24.8. The molecule has 1 fully saturated rings. The maximum Gasteiger partial charge on any atom is 0.407 e. The molecule has 0 spiro atoms. The summed E-state index contributed by atoms with van der Waals surface area (Å²) < 4.78 is 5.62. The topological polar surface area (TPSA) is 105 Å². The molecule has 1 unspecified atom stereocenters. The summed E-state index contributed by atoms with van der Waals surface area (Å²) in [7, 11) is 0. The highest BCUT2D eigenvalue weighted by Gasteiger charge is 2.32. The van der Waals surface area contributed by atoms with Gasteiger partial charge in [-0.15, -0.1) is 0 Å². The van der Waals surface area contributed by atoms with Gasteiger partial charge in [0.2, 0.25) is 5.91 Å². The molecule has 4 rings (SSSR count). The molecule has 0 bridgehead atoms. The zero-order valence-corrected chi connectivity index (χ0v) is 20.7. The molecule has 3 N–H and O–H groups in total. The number of thioether (sulfide) groups is 1. The number of hydrogen-bond acceptors (Lipinski definition) is 5. The summed E-state index contributed by atoms with van der Waals surface area (Å²) in [4.78, 5) is 37.1. The number of fused-ring (bicyclic) bond motifs is 3. The molecule has 2 aliphatic rings. The molecule has 0 heterocycles. The van der Waals surface area contributed by atoms with Gasteiger partial charge in [0.1, 0.15) is 12.6 Å². The molecule has 2 aromatic carbocycles. The normalized spacial score (nSPS) is 19.8. The molecule has 0 saturated heterocycles. The fourth-order valence-corrected chi connectivity index (χ4v) is 5.61. The zero-order valence-electron chi connectivity index (χ0n) is 19.9. The number of benzene rings is 2. The first-order valence-electron chi connectivity index (χ1n) is 12.1. The van der Waals surface area contributed by atoms with E-state index in [-0.39, 0.29) is 24.5 Å². The highest BCUT2D eigenvalue weighted by molar-refractivity contribution is 7.98. The number of hydrogen-bond donors (Lipinski definition) is 3. The van der Waals surface area contributed by atoms with Crippen LogP contribution in [0, 0.1) is 5.92 Å². The Labute approximate surface area is 210 Å². The number of aliphatic carboxylic acids is 1. The summed E-state index contributed by atoms with van der Waals surface area (Å²) in [6, 6.07) is 15.3. The second-order valence-electron chi connectivity index (χ2n) is 9.21. The summed E-state index contributed by atoms with van der Waals surface area (Å²) in [5, 5.41) is 15.0. The molecule has 2 aromatic rings. The van der Waals surface area contributed by atoms with Gasteiger partial charge in [0.05, 0.1) is 5.92 Å². The van der Waals surface area contributed by atoms with E-state index in [1.54, 1.807) is 11.8 Å². The molecule has 8 heteroatoms. The van der Waals surface area contributed by atoms with Crippen LogP contribution in [-0.4, -0.2) is 53.8 Å². The van der Waals surface area contributed by atoms with E-state index in [4.69, 9.17) is 4.74 Å². The number of rotatable bonds is 9. The molecule has 0 aliphatic heterocycles. The Bertz CT molecular complexity index is 1030. The van der Waals surface area contributed by atoms with Gasteiger partial charge < -0.3 is 20.5 Å². The van der Waals surface area contributed by atoms with Crippen molar-refractivity contribution in [3.05, 3.63) is 59.7 Å². The number of nitrogens with one attached hydrogen (secondary N) is 2. The van der Waals surface area contributed by atoms with Crippen LogP contribution in [0.5, 0.6) is 0 Å². The van der Waals surface area contributed by atoms with Gasteiger partial charge in [0, 0.05) is 12.0 Å². The third-order valence-corrected chi connectivity index (χ3v) is 7.58. The summed E-state index contributed by atoms with van der Waals surface area (Å²) in [6.45, 7) is 0.180. The number of carboxylic acids is 1. The first-order chi connectivity index (χ1) is 17.0. The van der Waals surface area contributed by atoms with Crippen LogP contribution in [0.4, 0.5) is 4.79 Å². The Hall–Kier alpha value is -3.00. The Kier molecular flexibility index (Phi) is 8.33. The molecular weight excluding hydrogens is 464 g/mol. The number of carbonyl (C=O) groups excluding carboxylic acids is 2. The van der Waals surface area contributed by atoms with E-state index in [2.05, 4.69) is 34.9 Å². The molecule has 2 amide bonds. The van der Waals surface area contributed by atoms with Crippen molar-refractivity contribution in [2.75, 3.05) is 18.6 Å². The van der Waals surface area contributed by atoms with Crippen LogP contribution in [0.3, 0.4) is 0 Å². The minimum atomic E-state index is -0.820. The average Bonchev–Trinajstić information content (AvgIpc) is 3.19. The minimum absolute atomic E-state index is 0.0539. The molecular formula is C27H32N2O5S. The van der Waals surface area contributed by atoms with Crippen molar-refractivity contribution in [1.29, 1.82) is 0 Å². The highest BCUT2D eigenvalue weighted by Crippen LogP contribution is 2.44. The third kappa shape index (κ3) is 5.99. The van der Waals surface area contributed by atoms with Crippen LogP contribution in [0.15, 0.2) is 48.5 Å². The van der Waals surface area contributed by atoms with E-state index in [0.717, 1.165) is 35.1 Å². The van der Waals surface area contributed by atoms with Gasteiger partial charge in [-0.2, -0.15) is 11.8 Å². The molecule has 7 nitrogen and oxygen atoms in total. The number of carbonyl (C=O) groups is 3. The second kappa shape index (κ2) is 11.6. The third-order valence-electron chi connectivity index (χ3n) is 6.93. The molecule has 2 aliphatic carbocycles. The lowest BCUT2D eigenvalue weighted by atomic mass is 9.85. The maximum absolute atomic E-state index is 13.0. The predicted molar refractivity (Wildman–Crippen MR) is 137 cm³/mol. The lowest BCUT2D eigenvalue weighted by molar-refractivity contribution is -0.143. The summed E-state index contributed by atoms with van der Waals surface area (Å²) in [5.41, 5.74) is 4.56. The standard InChI is InChI=1S/C27H32N2O5S/c1-35-14-13-24(25(30)28-18-8-6-7-17(15-18)26(31)32)29-27(33)34-16-23-21-11-4-2-9-19(21)20-10-3-5-12-22(20)23/h2-5,9-12,17-18,23-24H,6-8,13-16H2,1H3,(H,28,30)(H,29,33)(H,31,32)/t17-,18+,24?/m1/s1. The molecule has 186 valence electrons. The van der Waals surface area contributed by atoms with Gasteiger partial charge in [-0.3, -0.25) is 9.59 Å². The Balaban J connectivity index is 1.36. The van der Waals surface area contributed by atoms with Crippen molar-refractivity contribution >= 4 is 29.7 Å². The highest BCUT2D eigenvalue weighted by atomic mass is 32.2. The largest absolute Gasteiger partial charge is 0.481 e. The van der Waals surface area contributed by atoms with Gasteiger partial charge >= 0.3 is 12.1 Å². The molecule has 3 atom stereocenters. The van der Waals surface area contributed by atoms with Gasteiger partial charge in [0.15, 0.2) is 0 Å². The SMILES string of the molecule is CSCCC(NC(=O)OCC1c2ccccc2-c2ccccc21)C(=O)N[C@H]1CCC[C@@H](C(=O)O)C1. The smallest absolute Gasteiger partial charge is 0.407 e. The van der Waals surface area contributed by atoms with Crippen molar-refractivity contribution < 1.29 is 24.2 Å². The van der Waals surface area contributed by atoms with Gasteiger partial charge in [-0.1, -0.05) is 55.0 Å². The van der Waals surface area contributed by atoms with Crippen LogP contribution in [0.25, 0.3) is 11.1 Å². The van der Waals surface area contributed by atoms with Crippen molar-refractivity contribution in [1.82, 2.24) is 10.6 Å². The lowest BCUT2D eigenvalue weighted by Crippen LogP contribution is -2.51.